The van der Waals surface area contributed by atoms with Crippen LogP contribution in [0.1, 0.15) is 22.8 Å². The van der Waals surface area contributed by atoms with Gasteiger partial charge < -0.3 is 9.80 Å². The van der Waals surface area contributed by atoms with Crippen LogP contribution in [0.5, 0.6) is 0 Å². The summed E-state index contributed by atoms with van der Waals surface area (Å²) >= 11 is 5.91. The average molecular weight is 332 g/mol. The lowest BCUT2D eigenvalue weighted by Gasteiger charge is -2.25. The quantitative estimate of drug-likeness (QED) is 0.841. The van der Waals surface area contributed by atoms with Gasteiger partial charge in [0.15, 0.2) is 0 Å². The van der Waals surface area contributed by atoms with E-state index >= 15 is 0 Å². The van der Waals surface area contributed by atoms with Crippen LogP contribution >= 0.6 is 11.6 Å². The first-order valence-electron chi connectivity index (χ1n) is 7.53. The molecule has 0 aliphatic heterocycles. The molecular weight excluding hydrogens is 310 g/mol. The van der Waals surface area contributed by atoms with Gasteiger partial charge in [0.25, 0.3) is 5.91 Å². The van der Waals surface area contributed by atoms with E-state index in [0.717, 1.165) is 22.8 Å². The van der Waals surface area contributed by atoms with Crippen molar-refractivity contribution in [2.24, 2.45) is 0 Å². The van der Waals surface area contributed by atoms with Crippen LogP contribution in [0.25, 0.3) is 0 Å². The highest BCUT2D eigenvalue weighted by molar-refractivity contribution is 6.30. The summed E-state index contributed by atoms with van der Waals surface area (Å²) in [7, 11) is 5.64. The molecule has 0 bridgehead atoms. The second-order valence-electron chi connectivity index (χ2n) is 5.89. The van der Waals surface area contributed by atoms with Gasteiger partial charge in [0.1, 0.15) is 5.82 Å². The lowest BCUT2D eigenvalue weighted by Crippen LogP contribution is -2.36. The van der Waals surface area contributed by atoms with Gasteiger partial charge in [-0.2, -0.15) is 0 Å². The zero-order valence-electron chi connectivity index (χ0n) is 14.0. The van der Waals surface area contributed by atoms with Gasteiger partial charge in [-0.05, 0) is 43.2 Å². The highest BCUT2D eigenvalue weighted by atomic mass is 35.5. The fraction of sp³-hybridized carbons (Fsp3) is 0.333. The van der Waals surface area contributed by atoms with Crippen LogP contribution in [0.3, 0.4) is 0 Å². The summed E-state index contributed by atoms with van der Waals surface area (Å²) in [6, 6.07) is 11.4. The Labute approximate surface area is 142 Å². The summed E-state index contributed by atoms with van der Waals surface area (Å²) < 4.78 is 0. The molecule has 2 aromatic rings. The number of aromatic nitrogens is 1. The molecule has 4 nitrogen and oxygen atoms in total. The third kappa shape index (κ3) is 4.45. The highest BCUT2D eigenvalue weighted by Gasteiger charge is 2.18. The Morgan fingerprint density at radius 2 is 1.83 bits per heavy atom. The molecule has 1 heterocycles. The molecule has 1 aromatic carbocycles. The summed E-state index contributed by atoms with van der Waals surface area (Å²) in [6.45, 7) is 2.04. The number of benzene rings is 1. The maximum atomic E-state index is 12.7. The number of carbonyl (C=O) groups is 1. The summed E-state index contributed by atoms with van der Waals surface area (Å²) in [5, 5.41) is 0.721. The largest absolute Gasteiger partial charge is 0.363 e. The van der Waals surface area contributed by atoms with E-state index in [-0.39, 0.29) is 11.9 Å². The number of anilines is 1. The van der Waals surface area contributed by atoms with Crippen LogP contribution in [-0.4, -0.2) is 43.0 Å². The van der Waals surface area contributed by atoms with Crippen molar-refractivity contribution in [3.63, 3.8) is 0 Å². The van der Waals surface area contributed by atoms with Crippen molar-refractivity contribution in [3.05, 3.63) is 58.7 Å². The number of halogens is 1. The molecule has 1 unspecified atom stereocenters. The predicted molar refractivity (Wildman–Crippen MR) is 95.3 cm³/mol. The Bertz CT molecular complexity index is 670. The first-order chi connectivity index (χ1) is 10.9. The Morgan fingerprint density at radius 1 is 1.17 bits per heavy atom. The fourth-order valence-corrected chi connectivity index (χ4v) is 2.42. The van der Waals surface area contributed by atoms with E-state index in [1.54, 1.807) is 17.2 Å². The van der Waals surface area contributed by atoms with E-state index in [1.807, 2.05) is 63.3 Å². The Hall–Kier alpha value is -2.07. The summed E-state index contributed by atoms with van der Waals surface area (Å²) in [5.74, 6) is 0.770. The van der Waals surface area contributed by atoms with E-state index in [4.69, 9.17) is 11.6 Å². The van der Waals surface area contributed by atoms with Crippen molar-refractivity contribution in [1.29, 1.82) is 0 Å². The first kappa shape index (κ1) is 17.3. The number of amides is 1. The molecular formula is C18H22ClN3O. The highest BCUT2D eigenvalue weighted by Crippen LogP contribution is 2.16. The number of likely N-dealkylation sites (N-methyl/N-ethyl adjacent to an activating group) is 1. The second kappa shape index (κ2) is 7.47. The van der Waals surface area contributed by atoms with E-state index in [1.165, 1.54) is 0 Å². The molecule has 0 spiro atoms. The Morgan fingerprint density at radius 3 is 2.43 bits per heavy atom. The molecule has 1 atom stereocenters. The van der Waals surface area contributed by atoms with Gasteiger partial charge >= 0.3 is 0 Å². The van der Waals surface area contributed by atoms with Crippen LogP contribution < -0.4 is 4.90 Å². The number of hydrogen-bond acceptors (Lipinski definition) is 3. The molecule has 2 rings (SSSR count). The van der Waals surface area contributed by atoms with Gasteiger partial charge in [0.2, 0.25) is 0 Å². The molecule has 0 fully saturated rings. The molecule has 0 aliphatic carbocycles. The van der Waals surface area contributed by atoms with E-state index < -0.39 is 0 Å². The van der Waals surface area contributed by atoms with Crippen LogP contribution in [0.4, 0.5) is 5.82 Å². The predicted octanol–water partition coefficient (Wildman–Crippen LogP) is 3.50. The summed E-state index contributed by atoms with van der Waals surface area (Å²) in [5.41, 5.74) is 1.81. The van der Waals surface area contributed by atoms with Crippen LogP contribution in [0.2, 0.25) is 5.02 Å². The topological polar surface area (TPSA) is 36.4 Å². The fourth-order valence-electron chi connectivity index (χ4n) is 2.30. The van der Waals surface area contributed by atoms with Crippen molar-refractivity contribution in [2.75, 3.05) is 26.0 Å². The van der Waals surface area contributed by atoms with Gasteiger partial charge in [-0.3, -0.25) is 4.79 Å². The van der Waals surface area contributed by atoms with Gasteiger partial charge in [-0.1, -0.05) is 23.7 Å². The Kier molecular flexibility index (Phi) is 5.61. The minimum absolute atomic E-state index is 0.00281. The zero-order chi connectivity index (χ0) is 17.0. The standard InChI is InChI=1S/C18H22ClN3O/c1-13(11-14-5-7-16(19)8-6-14)22(4)18(23)15-9-10-20-17(12-15)21(2)3/h5-10,12-13H,11H2,1-4H3. The maximum absolute atomic E-state index is 12.7. The van der Waals surface area contributed by atoms with Gasteiger partial charge in [0.05, 0.1) is 0 Å². The third-order valence-electron chi connectivity index (χ3n) is 3.88. The van der Waals surface area contributed by atoms with Gasteiger partial charge in [0, 0.05) is 44.0 Å². The van der Waals surface area contributed by atoms with Gasteiger partial charge in [-0.15, -0.1) is 0 Å². The zero-order valence-corrected chi connectivity index (χ0v) is 14.7. The normalized spacial score (nSPS) is 11.9. The SMILES string of the molecule is CC(Cc1ccc(Cl)cc1)N(C)C(=O)c1ccnc(N(C)C)c1. The van der Waals surface area contributed by atoms with Crippen molar-refractivity contribution in [2.45, 2.75) is 19.4 Å². The Balaban J connectivity index is 2.09. The third-order valence-corrected chi connectivity index (χ3v) is 4.13. The summed E-state index contributed by atoms with van der Waals surface area (Å²) in [4.78, 5) is 20.6. The maximum Gasteiger partial charge on any atom is 0.254 e. The van der Waals surface area contributed by atoms with E-state index in [2.05, 4.69) is 4.98 Å². The molecule has 1 aromatic heterocycles. The number of nitrogens with zero attached hydrogens (tertiary/aromatic N) is 3. The lowest BCUT2D eigenvalue weighted by atomic mass is 10.1. The molecule has 0 saturated carbocycles. The van der Waals surface area contributed by atoms with Crippen molar-refractivity contribution >= 4 is 23.3 Å². The van der Waals surface area contributed by atoms with Crippen LogP contribution in [0, 0.1) is 0 Å². The number of hydrogen-bond donors (Lipinski definition) is 0. The molecule has 122 valence electrons. The number of rotatable bonds is 5. The lowest BCUT2D eigenvalue weighted by molar-refractivity contribution is 0.0743. The van der Waals surface area contributed by atoms with Gasteiger partial charge in [-0.25, -0.2) is 4.98 Å². The first-order valence-corrected chi connectivity index (χ1v) is 7.91. The smallest absolute Gasteiger partial charge is 0.254 e. The van der Waals surface area contributed by atoms with Crippen molar-refractivity contribution in [1.82, 2.24) is 9.88 Å². The minimum Gasteiger partial charge on any atom is -0.363 e. The summed E-state index contributed by atoms with van der Waals surface area (Å²) in [6.07, 6.45) is 2.45. The molecule has 23 heavy (non-hydrogen) atoms. The monoisotopic (exact) mass is 331 g/mol. The second-order valence-corrected chi connectivity index (χ2v) is 6.33. The molecule has 1 amide bonds. The molecule has 0 aliphatic rings. The molecule has 5 heteroatoms. The number of pyridine rings is 1. The van der Waals surface area contributed by atoms with Crippen LogP contribution in [0.15, 0.2) is 42.6 Å². The van der Waals surface area contributed by atoms with E-state index in [9.17, 15) is 4.79 Å². The van der Waals surface area contributed by atoms with Crippen molar-refractivity contribution in [3.8, 4) is 0 Å². The molecule has 0 N–H and O–H groups in total. The van der Waals surface area contributed by atoms with E-state index in [0.29, 0.717) is 5.56 Å². The van der Waals surface area contributed by atoms with Crippen LogP contribution in [-0.2, 0) is 6.42 Å². The minimum atomic E-state index is -0.00281. The van der Waals surface area contributed by atoms with Crippen molar-refractivity contribution < 1.29 is 4.79 Å². The number of carbonyl (C=O) groups excluding carboxylic acids is 1. The molecule has 0 radical (unpaired) electrons. The average Bonchev–Trinajstić information content (AvgIpc) is 2.55. The molecule has 0 saturated heterocycles.